The zero-order chi connectivity index (χ0) is 14.7. The van der Waals surface area contributed by atoms with Crippen LogP contribution in [-0.4, -0.2) is 16.4 Å². The molecule has 0 bridgehead atoms. The van der Waals surface area contributed by atoms with Crippen LogP contribution in [0.2, 0.25) is 0 Å². The highest BCUT2D eigenvalue weighted by Gasteiger charge is 2.12. The second-order valence-corrected chi connectivity index (χ2v) is 5.09. The van der Waals surface area contributed by atoms with Crippen LogP contribution >= 0.6 is 11.3 Å². The second kappa shape index (κ2) is 5.83. The van der Waals surface area contributed by atoms with Gasteiger partial charge in [-0.25, -0.2) is 9.56 Å². The van der Waals surface area contributed by atoms with Gasteiger partial charge in [-0.3, -0.25) is 9.59 Å². The molecule has 20 heavy (non-hydrogen) atoms. The van der Waals surface area contributed by atoms with E-state index in [1.807, 2.05) is 31.2 Å². The first kappa shape index (κ1) is 14.2. The third kappa shape index (κ3) is 3.21. The van der Waals surface area contributed by atoms with E-state index in [1.54, 1.807) is 5.38 Å². The molecule has 0 N–H and O–H groups in total. The monoisotopic (exact) mass is 290 g/mol. The summed E-state index contributed by atoms with van der Waals surface area (Å²) in [5, 5.41) is 1.59. The van der Waals surface area contributed by atoms with Gasteiger partial charge in [0, 0.05) is 13.8 Å². The maximum absolute atomic E-state index is 11.7. The van der Waals surface area contributed by atoms with Gasteiger partial charge in [0.2, 0.25) is 11.8 Å². The number of benzene rings is 1. The molecule has 0 unspecified atom stereocenters. The Morgan fingerprint density at radius 3 is 2.65 bits per heavy atom. The third-order valence-electron chi connectivity index (χ3n) is 2.47. The van der Waals surface area contributed by atoms with E-state index in [9.17, 15) is 9.59 Å². The highest BCUT2D eigenvalue weighted by molar-refractivity contribution is 7.07. The Morgan fingerprint density at radius 2 is 2.05 bits per heavy atom. The van der Waals surface area contributed by atoms with E-state index in [2.05, 4.69) is 4.99 Å². The number of hydrogen-bond donors (Lipinski definition) is 0. The Hall–Kier alpha value is -2.21. The minimum atomic E-state index is -0.472. The third-order valence-corrected chi connectivity index (χ3v) is 3.27. The smallest absolute Gasteiger partial charge is 0.309 e. The van der Waals surface area contributed by atoms with Crippen molar-refractivity contribution in [1.29, 1.82) is 0 Å². The number of aromatic nitrogens is 1. The van der Waals surface area contributed by atoms with Crippen molar-refractivity contribution in [3.05, 3.63) is 40.0 Å². The Balaban J connectivity index is 2.54. The summed E-state index contributed by atoms with van der Waals surface area (Å²) < 4.78 is 6.29. The summed E-state index contributed by atoms with van der Waals surface area (Å²) >= 11 is 1.25. The maximum atomic E-state index is 11.7. The number of thiazole rings is 1. The van der Waals surface area contributed by atoms with Crippen molar-refractivity contribution >= 4 is 28.9 Å². The highest BCUT2D eigenvalue weighted by atomic mass is 32.1. The summed E-state index contributed by atoms with van der Waals surface area (Å²) in [7, 11) is 0. The summed E-state index contributed by atoms with van der Waals surface area (Å²) in [6, 6.07) is 7.63. The Labute approximate surface area is 120 Å². The Bertz CT molecular complexity index is 728. The lowest BCUT2D eigenvalue weighted by Gasteiger charge is -2.03. The standard InChI is InChI=1S/C14H14N2O3S/c1-9-5-4-6-12(7-9)15-14-16(10(2)17)13(8-20-14)19-11(3)18/h4-8H,1-3H3. The van der Waals surface area contributed by atoms with E-state index in [1.165, 1.54) is 29.8 Å². The SMILES string of the molecule is CC(=O)Oc1csc(=Nc2cccc(C)c2)n1C(C)=O. The molecule has 0 amide bonds. The molecule has 0 aliphatic rings. The van der Waals surface area contributed by atoms with E-state index in [-0.39, 0.29) is 11.8 Å². The van der Waals surface area contributed by atoms with Gasteiger partial charge in [0.25, 0.3) is 0 Å². The number of carbonyl (C=O) groups excluding carboxylic acids is 2. The minimum absolute atomic E-state index is 0.196. The number of carbonyl (C=O) groups is 2. The van der Waals surface area contributed by atoms with Crippen LogP contribution in [-0.2, 0) is 4.79 Å². The summed E-state index contributed by atoms with van der Waals surface area (Å²) in [6.07, 6.45) is 0. The van der Waals surface area contributed by atoms with Crippen LogP contribution in [0.15, 0.2) is 34.6 Å². The van der Waals surface area contributed by atoms with Gasteiger partial charge in [-0.1, -0.05) is 12.1 Å². The van der Waals surface area contributed by atoms with Gasteiger partial charge in [-0.05, 0) is 24.6 Å². The molecule has 5 nitrogen and oxygen atoms in total. The molecule has 0 fully saturated rings. The molecule has 2 aromatic rings. The number of ether oxygens (including phenoxy) is 1. The fourth-order valence-electron chi connectivity index (χ4n) is 1.69. The van der Waals surface area contributed by atoms with Gasteiger partial charge in [-0.15, -0.1) is 11.3 Å². The fourth-order valence-corrected chi connectivity index (χ4v) is 2.54. The van der Waals surface area contributed by atoms with Gasteiger partial charge in [-0.2, -0.15) is 0 Å². The summed E-state index contributed by atoms with van der Waals surface area (Å²) in [5.74, 6) is -0.532. The first-order chi connectivity index (χ1) is 9.47. The van der Waals surface area contributed by atoms with Crippen molar-refractivity contribution in [2.75, 3.05) is 0 Å². The zero-order valence-corrected chi connectivity index (χ0v) is 12.2. The molecule has 6 heteroatoms. The Kier molecular flexibility index (Phi) is 4.14. The van der Waals surface area contributed by atoms with E-state index >= 15 is 0 Å². The van der Waals surface area contributed by atoms with E-state index < -0.39 is 5.97 Å². The van der Waals surface area contributed by atoms with Crippen LogP contribution in [0.25, 0.3) is 0 Å². The van der Waals surface area contributed by atoms with Gasteiger partial charge < -0.3 is 4.74 Å². The van der Waals surface area contributed by atoms with Crippen molar-refractivity contribution < 1.29 is 14.3 Å². The average Bonchev–Trinajstić information content (AvgIpc) is 2.71. The van der Waals surface area contributed by atoms with Crippen molar-refractivity contribution in [2.24, 2.45) is 4.99 Å². The fraction of sp³-hybridized carbons (Fsp3) is 0.214. The van der Waals surface area contributed by atoms with Gasteiger partial charge in [0.1, 0.15) is 0 Å². The minimum Gasteiger partial charge on any atom is -0.408 e. The molecular formula is C14H14N2O3S. The number of rotatable bonds is 2. The maximum Gasteiger partial charge on any atom is 0.309 e. The molecule has 0 aliphatic carbocycles. The molecule has 2 rings (SSSR count). The largest absolute Gasteiger partial charge is 0.408 e. The van der Waals surface area contributed by atoms with E-state index in [4.69, 9.17) is 4.74 Å². The summed E-state index contributed by atoms with van der Waals surface area (Å²) in [5.41, 5.74) is 1.83. The molecule has 1 aromatic carbocycles. The normalized spacial score (nSPS) is 11.4. The molecule has 0 atom stereocenters. The van der Waals surface area contributed by atoms with Crippen LogP contribution in [0.3, 0.4) is 0 Å². The summed E-state index contributed by atoms with van der Waals surface area (Å²) in [6.45, 7) is 4.66. The lowest BCUT2D eigenvalue weighted by atomic mass is 10.2. The Morgan fingerprint density at radius 1 is 1.30 bits per heavy atom. The highest BCUT2D eigenvalue weighted by Crippen LogP contribution is 2.16. The van der Waals surface area contributed by atoms with Gasteiger partial charge in [0.15, 0.2) is 4.80 Å². The molecular weight excluding hydrogens is 276 g/mol. The topological polar surface area (TPSA) is 60.7 Å². The van der Waals surface area contributed by atoms with Crippen molar-refractivity contribution in [3.63, 3.8) is 0 Å². The predicted octanol–water partition coefficient (Wildman–Crippen LogP) is 2.68. The van der Waals surface area contributed by atoms with E-state index in [0.717, 1.165) is 11.3 Å². The zero-order valence-electron chi connectivity index (χ0n) is 11.4. The molecule has 0 aliphatic heterocycles. The lowest BCUT2D eigenvalue weighted by Crippen LogP contribution is -2.22. The molecule has 1 aromatic heterocycles. The van der Waals surface area contributed by atoms with Gasteiger partial charge >= 0.3 is 5.97 Å². The van der Waals surface area contributed by atoms with Crippen molar-refractivity contribution in [2.45, 2.75) is 20.8 Å². The summed E-state index contributed by atoms with van der Waals surface area (Å²) in [4.78, 5) is 27.6. The van der Waals surface area contributed by atoms with Crippen LogP contribution in [0.4, 0.5) is 5.69 Å². The average molecular weight is 290 g/mol. The lowest BCUT2D eigenvalue weighted by molar-refractivity contribution is -0.132. The van der Waals surface area contributed by atoms with Crippen LogP contribution in [0.1, 0.15) is 24.2 Å². The van der Waals surface area contributed by atoms with Crippen LogP contribution < -0.4 is 9.54 Å². The molecule has 0 spiro atoms. The molecule has 0 radical (unpaired) electrons. The molecule has 0 saturated carbocycles. The quantitative estimate of drug-likeness (QED) is 0.799. The van der Waals surface area contributed by atoms with Gasteiger partial charge in [0.05, 0.1) is 11.1 Å². The van der Waals surface area contributed by atoms with E-state index in [0.29, 0.717) is 4.80 Å². The van der Waals surface area contributed by atoms with Crippen LogP contribution in [0, 0.1) is 6.92 Å². The van der Waals surface area contributed by atoms with Crippen molar-refractivity contribution in [1.82, 2.24) is 4.57 Å². The molecule has 104 valence electrons. The number of hydrogen-bond acceptors (Lipinski definition) is 5. The molecule has 1 heterocycles. The number of aryl methyl sites for hydroxylation is 1. The first-order valence-corrected chi connectivity index (χ1v) is 6.86. The number of nitrogens with zero attached hydrogens (tertiary/aromatic N) is 2. The van der Waals surface area contributed by atoms with Crippen LogP contribution in [0.5, 0.6) is 5.88 Å². The predicted molar refractivity (Wildman–Crippen MR) is 76.3 cm³/mol. The second-order valence-electron chi connectivity index (χ2n) is 4.26. The number of esters is 1. The van der Waals surface area contributed by atoms with Crippen molar-refractivity contribution in [3.8, 4) is 5.88 Å². The first-order valence-electron chi connectivity index (χ1n) is 5.98. The molecule has 0 saturated heterocycles.